The van der Waals surface area contributed by atoms with Crippen LogP contribution in [0.1, 0.15) is 0 Å². The summed E-state index contributed by atoms with van der Waals surface area (Å²) >= 11 is 0. The smallest absolute Gasteiger partial charge is 0.262 e. The second kappa shape index (κ2) is 7.48. The lowest BCUT2D eigenvalue weighted by atomic mass is 10.1. The van der Waals surface area contributed by atoms with Crippen LogP contribution < -0.4 is 14.2 Å². The van der Waals surface area contributed by atoms with E-state index in [1.165, 1.54) is 26.4 Å². The van der Waals surface area contributed by atoms with Crippen LogP contribution in [0, 0.1) is 0 Å². The summed E-state index contributed by atoms with van der Waals surface area (Å²) < 4.78 is 40.6. The minimum absolute atomic E-state index is 0.124. The molecule has 2 aromatic heterocycles. The van der Waals surface area contributed by atoms with Gasteiger partial charge in [-0.05, 0) is 54.6 Å². The number of hydrogen-bond acceptors (Lipinski definition) is 5. The Bertz CT molecular complexity index is 1230. The van der Waals surface area contributed by atoms with Crippen LogP contribution in [-0.2, 0) is 10.0 Å². The zero-order valence-electron chi connectivity index (χ0n) is 15.9. The van der Waals surface area contributed by atoms with Gasteiger partial charge in [-0.15, -0.1) is 0 Å². The van der Waals surface area contributed by atoms with E-state index in [1.54, 1.807) is 24.3 Å². The fourth-order valence-electron chi connectivity index (χ4n) is 2.98. The molecule has 4 rings (SSSR count). The van der Waals surface area contributed by atoms with E-state index in [1.807, 2.05) is 41.1 Å². The summed E-state index contributed by atoms with van der Waals surface area (Å²) in [5.74, 6) is 0.991. The van der Waals surface area contributed by atoms with E-state index in [2.05, 4.69) is 9.71 Å². The molecule has 0 aliphatic rings. The van der Waals surface area contributed by atoms with Crippen LogP contribution >= 0.6 is 0 Å². The molecular weight excluding hydrogens is 390 g/mol. The molecule has 7 nitrogen and oxygen atoms in total. The molecule has 0 aliphatic heterocycles. The summed E-state index contributed by atoms with van der Waals surface area (Å²) in [7, 11) is -0.789. The molecule has 0 atom stereocenters. The predicted molar refractivity (Wildman–Crippen MR) is 111 cm³/mol. The Kier molecular flexibility index (Phi) is 4.85. The Labute approximate surface area is 168 Å². The zero-order chi connectivity index (χ0) is 20.4. The number of benzene rings is 2. The molecule has 0 fully saturated rings. The molecule has 8 heteroatoms. The first-order chi connectivity index (χ1) is 14.0. The van der Waals surface area contributed by atoms with Crippen molar-refractivity contribution in [3.8, 4) is 22.8 Å². The van der Waals surface area contributed by atoms with Crippen LogP contribution in [0.5, 0.6) is 11.5 Å². The highest BCUT2D eigenvalue weighted by Crippen LogP contribution is 2.32. The first-order valence-corrected chi connectivity index (χ1v) is 10.3. The number of methoxy groups -OCH3 is 2. The number of anilines is 1. The molecule has 2 aromatic carbocycles. The number of fused-ring (bicyclic) bond motifs is 1. The average molecular weight is 409 g/mol. The van der Waals surface area contributed by atoms with Gasteiger partial charge in [0, 0.05) is 18.0 Å². The van der Waals surface area contributed by atoms with Gasteiger partial charge in [0.2, 0.25) is 0 Å². The van der Waals surface area contributed by atoms with Crippen molar-refractivity contribution in [2.75, 3.05) is 18.9 Å². The van der Waals surface area contributed by atoms with E-state index in [9.17, 15) is 8.42 Å². The summed E-state index contributed by atoms with van der Waals surface area (Å²) in [6, 6.07) is 17.2. The minimum Gasteiger partial charge on any atom is -0.497 e. The third kappa shape index (κ3) is 3.74. The van der Waals surface area contributed by atoms with Crippen LogP contribution in [0.15, 0.2) is 78.0 Å². The van der Waals surface area contributed by atoms with Crippen LogP contribution in [0.4, 0.5) is 5.69 Å². The molecule has 148 valence electrons. The molecule has 4 aromatic rings. The lowest BCUT2D eigenvalue weighted by molar-refractivity contribution is 0.414. The molecule has 1 N–H and O–H groups in total. The minimum atomic E-state index is -3.81. The maximum absolute atomic E-state index is 12.8. The summed E-state index contributed by atoms with van der Waals surface area (Å²) in [5.41, 5.74) is 2.63. The summed E-state index contributed by atoms with van der Waals surface area (Å²) in [6.07, 6.45) is 3.79. The summed E-state index contributed by atoms with van der Waals surface area (Å²) in [6.45, 7) is 0. The van der Waals surface area contributed by atoms with E-state index in [0.29, 0.717) is 17.2 Å². The van der Waals surface area contributed by atoms with Gasteiger partial charge in [0.15, 0.2) is 0 Å². The van der Waals surface area contributed by atoms with Crippen molar-refractivity contribution in [2.45, 2.75) is 4.90 Å². The van der Waals surface area contributed by atoms with E-state index in [0.717, 1.165) is 16.9 Å². The van der Waals surface area contributed by atoms with Crippen molar-refractivity contribution in [1.29, 1.82) is 0 Å². The molecule has 2 heterocycles. The van der Waals surface area contributed by atoms with Crippen LogP contribution in [0.3, 0.4) is 0 Å². The van der Waals surface area contributed by atoms with Gasteiger partial charge in [-0.3, -0.25) is 4.72 Å². The van der Waals surface area contributed by atoms with Crippen molar-refractivity contribution in [3.63, 3.8) is 0 Å². The highest BCUT2D eigenvalue weighted by Gasteiger charge is 2.18. The van der Waals surface area contributed by atoms with E-state index in [-0.39, 0.29) is 4.90 Å². The van der Waals surface area contributed by atoms with Gasteiger partial charge in [0.25, 0.3) is 10.0 Å². The number of rotatable bonds is 6. The fourth-order valence-corrected chi connectivity index (χ4v) is 4.04. The number of nitrogens with one attached hydrogen (secondary N) is 1. The van der Waals surface area contributed by atoms with Crippen molar-refractivity contribution in [3.05, 3.63) is 73.1 Å². The standard InChI is InChI=1S/C21H19N3O4S/c1-27-16-7-9-17(10-8-16)29(25,26)23-18-13-15(6-11-20(18)28-2)19-14-24-12-4-3-5-21(24)22-19/h3-14,23H,1-2H3. The quantitative estimate of drug-likeness (QED) is 0.524. The average Bonchev–Trinajstić information content (AvgIpc) is 3.18. The molecule has 0 amide bonds. The van der Waals surface area contributed by atoms with Gasteiger partial charge < -0.3 is 13.9 Å². The Hall–Kier alpha value is -3.52. The van der Waals surface area contributed by atoms with Crippen LogP contribution in [-0.4, -0.2) is 32.0 Å². The molecule has 0 radical (unpaired) electrons. The number of pyridine rings is 1. The van der Waals surface area contributed by atoms with Gasteiger partial charge in [0.05, 0.1) is 30.5 Å². The fraction of sp³-hybridized carbons (Fsp3) is 0.0952. The van der Waals surface area contributed by atoms with Crippen molar-refractivity contribution in [1.82, 2.24) is 9.38 Å². The topological polar surface area (TPSA) is 81.9 Å². The first kappa shape index (κ1) is 18.8. The highest BCUT2D eigenvalue weighted by atomic mass is 32.2. The second-order valence-corrected chi connectivity index (χ2v) is 7.97. The van der Waals surface area contributed by atoms with Gasteiger partial charge in [-0.25, -0.2) is 13.4 Å². The molecule has 0 aliphatic carbocycles. The Morgan fingerprint density at radius 3 is 2.45 bits per heavy atom. The first-order valence-electron chi connectivity index (χ1n) is 8.79. The van der Waals surface area contributed by atoms with Crippen molar-refractivity contribution >= 4 is 21.4 Å². The van der Waals surface area contributed by atoms with Gasteiger partial charge >= 0.3 is 0 Å². The largest absolute Gasteiger partial charge is 0.497 e. The summed E-state index contributed by atoms with van der Waals surface area (Å²) in [5, 5.41) is 0. The molecule has 29 heavy (non-hydrogen) atoms. The molecule has 0 bridgehead atoms. The highest BCUT2D eigenvalue weighted by molar-refractivity contribution is 7.92. The Morgan fingerprint density at radius 2 is 1.76 bits per heavy atom. The van der Waals surface area contributed by atoms with Crippen LogP contribution in [0.2, 0.25) is 0 Å². The number of ether oxygens (including phenoxy) is 2. The van der Waals surface area contributed by atoms with Crippen LogP contribution in [0.25, 0.3) is 16.9 Å². The molecular formula is C21H19N3O4S. The van der Waals surface area contributed by atoms with Gasteiger partial charge in [0.1, 0.15) is 17.1 Å². The molecule has 0 unspecified atom stereocenters. The number of aromatic nitrogens is 2. The van der Waals surface area contributed by atoms with E-state index >= 15 is 0 Å². The predicted octanol–water partition coefficient (Wildman–Crippen LogP) is 3.82. The number of sulfonamides is 1. The maximum atomic E-state index is 12.8. The van der Waals surface area contributed by atoms with Gasteiger partial charge in [-0.1, -0.05) is 6.07 Å². The second-order valence-electron chi connectivity index (χ2n) is 6.29. The third-order valence-corrected chi connectivity index (χ3v) is 5.85. The SMILES string of the molecule is COc1ccc(S(=O)(=O)Nc2cc(-c3cn4ccccc4n3)ccc2OC)cc1. The van der Waals surface area contributed by atoms with Crippen molar-refractivity contribution < 1.29 is 17.9 Å². The normalized spacial score (nSPS) is 11.4. The summed E-state index contributed by atoms with van der Waals surface area (Å²) in [4.78, 5) is 4.71. The lowest BCUT2D eigenvalue weighted by Gasteiger charge is -2.13. The Morgan fingerprint density at radius 1 is 0.966 bits per heavy atom. The zero-order valence-corrected chi connectivity index (χ0v) is 16.7. The number of hydrogen-bond donors (Lipinski definition) is 1. The van der Waals surface area contributed by atoms with E-state index in [4.69, 9.17) is 9.47 Å². The number of imidazole rings is 1. The molecule has 0 spiro atoms. The Balaban J connectivity index is 1.71. The van der Waals surface area contributed by atoms with Crippen molar-refractivity contribution in [2.24, 2.45) is 0 Å². The molecule has 0 saturated heterocycles. The van der Waals surface area contributed by atoms with Gasteiger partial charge in [-0.2, -0.15) is 0 Å². The lowest BCUT2D eigenvalue weighted by Crippen LogP contribution is -2.13. The third-order valence-electron chi connectivity index (χ3n) is 4.47. The van der Waals surface area contributed by atoms with E-state index < -0.39 is 10.0 Å². The molecule has 0 saturated carbocycles. The number of nitrogens with zero attached hydrogens (tertiary/aromatic N) is 2. The maximum Gasteiger partial charge on any atom is 0.262 e. The monoisotopic (exact) mass is 409 g/mol.